The van der Waals surface area contributed by atoms with Crippen molar-refractivity contribution >= 4 is 49.0 Å². The van der Waals surface area contributed by atoms with Gasteiger partial charge in [-0.1, -0.05) is 13.8 Å². The molecular formula is C21H24N6O2S3. The minimum absolute atomic E-state index is 0.229. The standard InChI is InChI=1S/C21H24N6O2S3/c1-4-26(5-2)32(28,29)14-10-11-17-24-25-21(27(17)12-14)31-20-18-15-8-6-7-9-16(15)30-19(18)22-13(3)23-20/h10-12H,4-9H2,1-3H3. The van der Waals surface area contributed by atoms with Gasteiger partial charge < -0.3 is 0 Å². The second kappa shape index (κ2) is 8.36. The van der Waals surface area contributed by atoms with Crippen molar-refractivity contribution in [1.29, 1.82) is 0 Å². The van der Waals surface area contributed by atoms with Gasteiger partial charge >= 0.3 is 0 Å². The zero-order valence-electron chi connectivity index (χ0n) is 18.2. The molecule has 4 aromatic rings. The number of hydrogen-bond donors (Lipinski definition) is 0. The Morgan fingerprint density at radius 2 is 1.91 bits per heavy atom. The number of nitrogens with zero attached hydrogens (tertiary/aromatic N) is 6. The molecule has 0 unspecified atom stereocenters. The molecule has 5 rings (SSSR count). The number of aryl methyl sites for hydroxylation is 3. The number of thiophene rings is 1. The summed E-state index contributed by atoms with van der Waals surface area (Å²) in [6.45, 7) is 6.41. The van der Waals surface area contributed by atoms with E-state index in [-0.39, 0.29) is 4.90 Å². The summed E-state index contributed by atoms with van der Waals surface area (Å²) in [6.07, 6.45) is 6.15. The van der Waals surface area contributed by atoms with Crippen molar-refractivity contribution in [2.45, 2.75) is 61.5 Å². The van der Waals surface area contributed by atoms with Crippen LogP contribution >= 0.6 is 23.1 Å². The molecule has 0 radical (unpaired) electrons. The molecule has 0 spiro atoms. The minimum Gasteiger partial charge on any atom is -0.276 e. The zero-order valence-corrected chi connectivity index (χ0v) is 20.6. The van der Waals surface area contributed by atoms with E-state index in [9.17, 15) is 8.42 Å². The summed E-state index contributed by atoms with van der Waals surface area (Å²) in [4.78, 5) is 12.1. The van der Waals surface area contributed by atoms with Gasteiger partial charge in [-0.2, -0.15) is 4.31 Å². The molecule has 4 aromatic heterocycles. The molecule has 0 saturated heterocycles. The van der Waals surface area contributed by atoms with Crippen LogP contribution in [-0.2, 0) is 22.9 Å². The summed E-state index contributed by atoms with van der Waals surface area (Å²) < 4.78 is 29.2. The lowest BCUT2D eigenvalue weighted by Crippen LogP contribution is -2.30. The molecule has 11 heteroatoms. The number of fused-ring (bicyclic) bond motifs is 4. The van der Waals surface area contributed by atoms with Crippen molar-refractivity contribution in [2.75, 3.05) is 13.1 Å². The normalized spacial score (nSPS) is 14.5. The van der Waals surface area contributed by atoms with Gasteiger partial charge in [-0.15, -0.1) is 21.5 Å². The van der Waals surface area contributed by atoms with Crippen molar-refractivity contribution in [1.82, 2.24) is 28.9 Å². The van der Waals surface area contributed by atoms with E-state index >= 15 is 0 Å². The second-order valence-electron chi connectivity index (χ2n) is 7.73. The second-order valence-corrected chi connectivity index (χ2v) is 11.7. The van der Waals surface area contributed by atoms with E-state index < -0.39 is 10.0 Å². The molecule has 32 heavy (non-hydrogen) atoms. The smallest absolute Gasteiger partial charge is 0.244 e. The fraction of sp³-hybridized carbons (Fsp3) is 0.429. The van der Waals surface area contributed by atoms with Gasteiger partial charge in [-0.25, -0.2) is 18.4 Å². The maximum Gasteiger partial charge on any atom is 0.244 e. The first-order valence-corrected chi connectivity index (χ1v) is 13.8. The number of sulfonamides is 1. The van der Waals surface area contributed by atoms with Crippen LogP contribution in [0.3, 0.4) is 0 Å². The minimum atomic E-state index is -3.58. The van der Waals surface area contributed by atoms with Crippen LogP contribution in [0.25, 0.3) is 15.9 Å². The highest BCUT2D eigenvalue weighted by Crippen LogP contribution is 2.41. The Labute approximate surface area is 195 Å². The first-order valence-electron chi connectivity index (χ1n) is 10.7. The average Bonchev–Trinajstić information content (AvgIpc) is 3.35. The Balaban J connectivity index is 1.61. The van der Waals surface area contributed by atoms with Gasteiger partial charge in [0.2, 0.25) is 15.2 Å². The molecule has 0 saturated carbocycles. The van der Waals surface area contributed by atoms with E-state index in [0.717, 1.165) is 33.9 Å². The SMILES string of the molecule is CCN(CC)S(=O)(=O)c1ccc2nnc(Sc3nc(C)nc4sc5c(c34)CCCC5)n2c1. The predicted octanol–water partition coefficient (Wildman–Crippen LogP) is 4.10. The van der Waals surface area contributed by atoms with Gasteiger partial charge in [0.15, 0.2) is 5.65 Å². The largest absolute Gasteiger partial charge is 0.276 e. The lowest BCUT2D eigenvalue weighted by Gasteiger charge is -2.18. The van der Waals surface area contributed by atoms with Crippen LogP contribution in [0.2, 0.25) is 0 Å². The van der Waals surface area contributed by atoms with Crippen molar-refractivity contribution < 1.29 is 8.42 Å². The summed E-state index contributed by atoms with van der Waals surface area (Å²) in [6, 6.07) is 3.29. The van der Waals surface area contributed by atoms with Gasteiger partial charge in [0.05, 0.1) is 4.90 Å². The number of pyridine rings is 1. The Morgan fingerprint density at radius 1 is 1.12 bits per heavy atom. The van der Waals surface area contributed by atoms with Crippen LogP contribution in [0.15, 0.2) is 33.4 Å². The van der Waals surface area contributed by atoms with Gasteiger partial charge in [0.25, 0.3) is 0 Å². The molecular weight excluding hydrogens is 464 g/mol. The Morgan fingerprint density at radius 3 is 2.69 bits per heavy atom. The van der Waals surface area contributed by atoms with Crippen LogP contribution in [0.1, 0.15) is 43.0 Å². The van der Waals surface area contributed by atoms with Gasteiger partial charge in [0.1, 0.15) is 15.7 Å². The third-order valence-electron chi connectivity index (χ3n) is 5.77. The summed E-state index contributed by atoms with van der Waals surface area (Å²) in [5.41, 5.74) is 1.96. The van der Waals surface area contributed by atoms with E-state index in [1.807, 2.05) is 20.8 Å². The molecule has 4 heterocycles. The van der Waals surface area contributed by atoms with Gasteiger partial charge in [-0.05, 0) is 62.1 Å². The summed E-state index contributed by atoms with van der Waals surface area (Å²) in [7, 11) is -3.58. The van der Waals surface area contributed by atoms with E-state index in [1.54, 1.807) is 34.1 Å². The Bertz CT molecular complexity index is 1420. The maximum absolute atomic E-state index is 13.0. The Hall–Kier alpha value is -2.08. The average molecular weight is 489 g/mol. The maximum atomic E-state index is 13.0. The molecule has 0 aromatic carbocycles. The molecule has 0 atom stereocenters. The number of aromatic nitrogens is 5. The molecule has 0 amide bonds. The van der Waals surface area contributed by atoms with Crippen LogP contribution in [0, 0.1) is 6.92 Å². The van der Waals surface area contributed by atoms with E-state index in [4.69, 9.17) is 4.98 Å². The fourth-order valence-corrected chi connectivity index (χ4v) is 8.00. The van der Waals surface area contributed by atoms with Crippen LogP contribution in [0.5, 0.6) is 0 Å². The van der Waals surface area contributed by atoms with Crippen LogP contribution in [0.4, 0.5) is 0 Å². The van der Waals surface area contributed by atoms with Gasteiger partial charge in [0, 0.05) is 29.5 Å². The molecule has 1 aliphatic carbocycles. The highest BCUT2D eigenvalue weighted by atomic mass is 32.2. The quantitative estimate of drug-likeness (QED) is 0.377. The molecule has 0 fully saturated rings. The first-order chi connectivity index (χ1) is 15.4. The van der Waals surface area contributed by atoms with E-state index in [2.05, 4.69) is 15.2 Å². The predicted molar refractivity (Wildman–Crippen MR) is 126 cm³/mol. The topological polar surface area (TPSA) is 93.4 Å². The number of rotatable bonds is 6. The summed E-state index contributed by atoms with van der Waals surface area (Å²) in [5.74, 6) is 0.720. The number of hydrogen-bond acceptors (Lipinski definition) is 8. The molecule has 0 N–H and O–H groups in total. The lowest BCUT2D eigenvalue weighted by atomic mass is 9.97. The molecule has 0 bridgehead atoms. The molecule has 1 aliphatic rings. The van der Waals surface area contributed by atoms with Crippen molar-refractivity contribution in [3.8, 4) is 0 Å². The summed E-state index contributed by atoms with van der Waals surface area (Å²) in [5, 5.41) is 11.1. The van der Waals surface area contributed by atoms with Crippen LogP contribution < -0.4 is 0 Å². The van der Waals surface area contributed by atoms with Gasteiger partial charge in [-0.3, -0.25) is 4.40 Å². The van der Waals surface area contributed by atoms with Crippen molar-refractivity contribution in [3.05, 3.63) is 34.6 Å². The Kier molecular flexibility index (Phi) is 5.68. The fourth-order valence-electron chi connectivity index (χ4n) is 4.17. The third-order valence-corrected chi connectivity index (χ3v) is 9.94. The third kappa shape index (κ3) is 3.60. The lowest BCUT2D eigenvalue weighted by molar-refractivity contribution is 0.445. The summed E-state index contributed by atoms with van der Waals surface area (Å²) >= 11 is 3.19. The van der Waals surface area contributed by atoms with E-state index in [1.165, 1.54) is 39.3 Å². The monoisotopic (exact) mass is 488 g/mol. The van der Waals surface area contributed by atoms with Crippen LogP contribution in [-0.4, -0.2) is 50.4 Å². The highest BCUT2D eigenvalue weighted by molar-refractivity contribution is 7.99. The molecule has 168 valence electrons. The first kappa shape index (κ1) is 21.7. The molecule has 0 aliphatic heterocycles. The molecule has 8 nitrogen and oxygen atoms in total. The zero-order chi connectivity index (χ0) is 22.5. The van der Waals surface area contributed by atoms with Crippen molar-refractivity contribution in [2.24, 2.45) is 0 Å². The van der Waals surface area contributed by atoms with Crippen molar-refractivity contribution in [3.63, 3.8) is 0 Å². The van der Waals surface area contributed by atoms with E-state index in [0.29, 0.717) is 23.9 Å². The highest BCUT2D eigenvalue weighted by Gasteiger charge is 2.25.